The van der Waals surface area contributed by atoms with E-state index in [4.69, 9.17) is 32.3 Å². The molecule has 0 spiro atoms. The summed E-state index contributed by atoms with van der Waals surface area (Å²) in [4.78, 5) is 58.6. The fraction of sp³-hybridized carbons (Fsp3) is 0.644. The number of phosphoric acid groups is 2. The highest BCUT2D eigenvalue weighted by Gasteiger charge is 2.29. The molecule has 0 aliphatic heterocycles. The second kappa shape index (κ2) is 78.5. The Morgan fingerprint density at radius 3 is 0.790 bits per heavy atom. The zero-order valence-corrected chi connectivity index (χ0v) is 67.1. The van der Waals surface area contributed by atoms with Crippen LogP contribution in [0.15, 0.2) is 170 Å². The molecule has 0 rings (SSSR count). The van der Waals surface area contributed by atoms with Crippen molar-refractivity contribution in [1.29, 1.82) is 0 Å². The minimum absolute atomic E-state index is 0.0591. The molecule has 0 fully saturated rings. The molecule has 0 heterocycles. The first-order valence-electron chi connectivity index (χ1n) is 40.4. The Morgan fingerprint density at radius 2 is 0.486 bits per heavy atom. The summed E-state index contributed by atoms with van der Waals surface area (Å²) in [7, 11) is -9.82. The Balaban J connectivity index is 4.46. The van der Waals surface area contributed by atoms with Crippen molar-refractivity contribution in [3.05, 3.63) is 170 Å². The van der Waals surface area contributed by atoms with E-state index in [1.54, 1.807) is 0 Å². The van der Waals surface area contributed by atoms with Gasteiger partial charge in [-0.15, -0.1) is 0 Å². The minimum atomic E-state index is -4.95. The number of unbranched alkanes of at least 4 members (excludes halogenated alkanes) is 24. The van der Waals surface area contributed by atoms with Crippen LogP contribution in [0.3, 0.4) is 0 Å². The summed E-state index contributed by atoms with van der Waals surface area (Å²) in [5, 5.41) is 20.6. The third-order valence-electron chi connectivity index (χ3n) is 16.4. The molecular formula is C87H144O16P2. The number of phosphoric ester groups is 2. The molecule has 4 N–H and O–H groups in total. The summed E-state index contributed by atoms with van der Waals surface area (Å²) in [6.45, 7) is 2.24. The van der Waals surface area contributed by atoms with Crippen molar-refractivity contribution < 1.29 is 75.8 Å². The maximum atomic E-state index is 13.0. The number of aliphatic hydroxyl groups excluding tert-OH is 2. The van der Waals surface area contributed by atoms with E-state index in [9.17, 15) is 43.5 Å². The van der Waals surface area contributed by atoms with Gasteiger partial charge in [-0.2, -0.15) is 0 Å². The van der Waals surface area contributed by atoms with Crippen molar-refractivity contribution in [3.63, 3.8) is 0 Å². The quantitative estimate of drug-likeness (QED) is 0.0146. The summed E-state index contributed by atoms with van der Waals surface area (Å²) in [5.41, 5.74) is 0. The summed E-state index contributed by atoms with van der Waals surface area (Å²) in [5.74, 6) is -1.68. The topological polar surface area (TPSA) is 231 Å². The monoisotopic (exact) mass is 1510 g/mol. The lowest BCUT2D eigenvalue weighted by Gasteiger charge is -2.21. The van der Waals surface area contributed by atoms with E-state index in [0.29, 0.717) is 25.7 Å². The normalized spacial score (nSPS) is 14.8. The molecule has 0 bridgehead atoms. The van der Waals surface area contributed by atoms with Gasteiger partial charge in [-0.05, 0) is 141 Å². The number of esters is 3. The first-order chi connectivity index (χ1) is 51.2. The van der Waals surface area contributed by atoms with Crippen LogP contribution in [-0.4, -0.2) is 95.9 Å². The van der Waals surface area contributed by atoms with Gasteiger partial charge in [0.05, 0.1) is 26.4 Å². The van der Waals surface area contributed by atoms with Crippen LogP contribution in [0.5, 0.6) is 0 Å². The predicted octanol–water partition coefficient (Wildman–Crippen LogP) is 24.0. The lowest BCUT2D eigenvalue weighted by Crippen LogP contribution is -2.30. The first-order valence-corrected chi connectivity index (χ1v) is 43.4. The Hall–Kier alpha value is -5.09. The number of aliphatic hydroxyl groups is 2. The minimum Gasteiger partial charge on any atom is -0.463 e. The molecule has 16 nitrogen and oxygen atoms in total. The Bertz CT molecular complexity index is 2590. The Morgan fingerprint density at radius 1 is 0.267 bits per heavy atom. The van der Waals surface area contributed by atoms with Crippen LogP contribution in [0, 0.1) is 0 Å². The highest BCUT2D eigenvalue weighted by atomic mass is 31.2. The molecule has 105 heavy (non-hydrogen) atoms. The van der Waals surface area contributed by atoms with Gasteiger partial charge in [0, 0.05) is 19.3 Å². The van der Waals surface area contributed by atoms with Crippen LogP contribution in [-0.2, 0) is 55.8 Å². The standard InChI is InChI=1S/C87H144O16P2/c1-4-7-10-13-16-19-22-25-28-31-32-33-34-35-36-37-38-39-40-41-42-43-44-45-46-47-48-51-53-55-58-61-64-67-70-73-85(90)97-76-82(88)77-99-104(93,94)100-78-83(89)79-101-105(95,96)102-81-84(103-87(92)75-72-69-66-63-60-57-54-50-30-27-24-21-18-15-12-9-6-3)80-98-86(91)74-71-68-65-62-59-56-52-49-29-26-23-20-17-14-11-8-5-2/h7-12,16-21,25-30,32-33,35-36,52,54,56-57,62,65,82-84,88-89H,4-6,13-15,22-24,31,34,37-51,53,55,58-61,63-64,66-81H2,1-3H3,(H,93,94)(H,95,96)/b10-7-,11-8-,12-9-,19-16-,20-17-,21-18-,28-25-,29-26-,30-27-,33-32-,36-35-,56-52-,57-54-,65-62-. The maximum absolute atomic E-state index is 13.0. The summed E-state index contributed by atoms with van der Waals surface area (Å²) in [6.07, 6.45) is 100. The van der Waals surface area contributed by atoms with Crippen LogP contribution in [0.4, 0.5) is 0 Å². The average Bonchev–Trinajstić information content (AvgIpc) is 0.911. The molecular weight excluding hydrogens is 1360 g/mol. The number of hydrogen-bond donors (Lipinski definition) is 4. The van der Waals surface area contributed by atoms with E-state index in [0.717, 1.165) is 135 Å². The lowest BCUT2D eigenvalue weighted by atomic mass is 10.0. The Labute approximate surface area is 637 Å². The molecule has 0 radical (unpaired) electrons. The van der Waals surface area contributed by atoms with E-state index in [-0.39, 0.29) is 19.3 Å². The van der Waals surface area contributed by atoms with Crippen LogP contribution in [0.25, 0.3) is 0 Å². The van der Waals surface area contributed by atoms with Gasteiger partial charge in [0.25, 0.3) is 0 Å². The van der Waals surface area contributed by atoms with Gasteiger partial charge in [-0.25, -0.2) is 9.13 Å². The van der Waals surface area contributed by atoms with Gasteiger partial charge < -0.3 is 34.2 Å². The molecule has 0 aromatic carbocycles. The fourth-order valence-corrected chi connectivity index (χ4v) is 12.0. The van der Waals surface area contributed by atoms with Gasteiger partial charge in [0.15, 0.2) is 6.10 Å². The number of carbonyl (C=O) groups is 3. The Kier molecular flexibility index (Phi) is 74.7. The molecule has 0 amide bonds. The van der Waals surface area contributed by atoms with Gasteiger partial charge in [-0.1, -0.05) is 313 Å². The molecule has 0 aromatic rings. The summed E-state index contributed by atoms with van der Waals surface area (Å²) >= 11 is 0. The molecule has 18 heteroatoms. The highest BCUT2D eigenvalue weighted by molar-refractivity contribution is 7.47. The van der Waals surface area contributed by atoms with Gasteiger partial charge in [0.2, 0.25) is 0 Å². The number of carbonyl (C=O) groups excluding carboxylic acids is 3. The molecule has 0 saturated carbocycles. The van der Waals surface area contributed by atoms with Crippen molar-refractivity contribution in [2.75, 3.05) is 39.6 Å². The third kappa shape index (κ3) is 79.8. The number of ether oxygens (including phenoxy) is 3. The van der Waals surface area contributed by atoms with Crippen molar-refractivity contribution in [1.82, 2.24) is 0 Å². The second-order valence-electron chi connectivity index (χ2n) is 26.4. The molecule has 0 aromatic heterocycles. The number of hydrogen-bond acceptors (Lipinski definition) is 14. The molecule has 5 unspecified atom stereocenters. The predicted molar refractivity (Wildman–Crippen MR) is 435 cm³/mol. The summed E-state index contributed by atoms with van der Waals surface area (Å²) < 4.78 is 61.0. The van der Waals surface area contributed by atoms with E-state index in [1.165, 1.54) is 103 Å². The van der Waals surface area contributed by atoms with Gasteiger partial charge in [0.1, 0.15) is 25.4 Å². The number of rotatable bonds is 75. The van der Waals surface area contributed by atoms with Crippen LogP contribution in [0.2, 0.25) is 0 Å². The van der Waals surface area contributed by atoms with Crippen LogP contribution in [0.1, 0.15) is 303 Å². The molecule has 5 atom stereocenters. The fourth-order valence-electron chi connectivity index (χ4n) is 10.4. The van der Waals surface area contributed by atoms with Crippen molar-refractivity contribution >= 4 is 33.6 Å². The lowest BCUT2D eigenvalue weighted by molar-refractivity contribution is -0.161. The van der Waals surface area contributed by atoms with Crippen molar-refractivity contribution in [2.45, 2.75) is 322 Å². The third-order valence-corrected chi connectivity index (χ3v) is 18.3. The zero-order valence-electron chi connectivity index (χ0n) is 65.3. The van der Waals surface area contributed by atoms with Gasteiger partial charge in [-0.3, -0.25) is 32.5 Å². The molecule has 0 saturated heterocycles. The average molecular weight is 1510 g/mol. The maximum Gasteiger partial charge on any atom is 0.472 e. The molecule has 0 aliphatic rings. The van der Waals surface area contributed by atoms with E-state index < -0.39 is 91.5 Å². The van der Waals surface area contributed by atoms with E-state index in [1.807, 2.05) is 12.2 Å². The highest BCUT2D eigenvalue weighted by Crippen LogP contribution is 2.45. The van der Waals surface area contributed by atoms with E-state index >= 15 is 0 Å². The smallest absolute Gasteiger partial charge is 0.463 e. The van der Waals surface area contributed by atoms with E-state index in [2.05, 4.69) is 179 Å². The largest absolute Gasteiger partial charge is 0.472 e. The SMILES string of the molecule is CC/C=C\C/C=C\C/C=C\C/C=C\C/C=C\CCCCCCCCCCCCCCCCCCCCCC(=O)OCC(O)COP(=O)(O)OCC(O)COP(=O)(O)OCC(COC(=O)CCC/C=C\C/C=C\C/C=C\C/C=C\C/C=C\CC)OC(=O)CCCCCC/C=C\C/C=C\C/C=C\C/C=C\CC. The number of allylic oxidation sites excluding steroid dienone is 28. The second-order valence-corrected chi connectivity index (χ2v) is 29.3. The van der Waals surface area contributed by atoms with Crippen molar-refractivity contribution in [2.24, 2.45) is 0 Å². The van der Waals surface area contributed by atoms with Crippen LogP contribution >= 0.6 is 15.6 Å². The van der Waals surface area contributed by atoms with Crippen LogP contribution < -0.4 is 0 Å². The molecule has 0 aliphatic carbocycles. The van der Waals surface area contributed by atoms with Gasteiger partial charge >= 0.3 is 33.6 Å². The first kappa shape index (κ1) is 99.9. The molecule has 598 valence electrons. The summed E-state index contributed by atoms with van der Waals surface area (Å²) in [6, 6.07) is 0. The van der Waals surface area contributed by atoms with Crippen molar-refractivity contribution in [3.8, 4) is 0 Å². The zero-order chi connectivity index (χ0) is 76.6.